The SMILES string of the molecule is N#CC(CNc1ccc(Br)c(C(F)(F)F)c1)C(F)(F)F. The number of anilines is 1. The fourth-order valence-corrected chi connectivity index (χ4v) is 1.78. The summed E-state index contributed by atoms with van der Waals surface area (Å²) in [6.07, 6.45) is -9.36. The minimum atomic E-state index is -4.73. The van der Waals surface area contributed by atoms with E-state index in [0.29, 0.717) is 6.07 Å². The van der Waals surface area contributed by atoms with Crippen LogP contribution in [-0.4, -0.2) is 12.7 Å². The predicted molar refractivity (Wildman–Crippen MR) is 62.8 cm³/mol. The first-order valence-electron chi connectivity index (χ1n) is 5.12. The van der Waals surface area contributed by atoms with E-state index in [0.717, 1.165) is 12.1 Å². The Morgan fingerprint density at radius 3 is 2.25 bits per heavy atom. The van der Waals surface area contributed by atoms with Crippen LogP contribution in [0.4, 0.5) is 32.0 Å². The Kier molecular flexibility index (Phi) is 4.91. The van der Waals surface area contributed by atoms with Crippen LogP contribution in [0, 0.1) is 17.2 Å². The van der Waals surface area contributed by atoms with Crippen LogP contribution >= 0.6 is 15.9 Å². The van der Waals surface area contributed by atoms with Gasteiger partial charge in [-0.05, 0) is 18.2 Å². The van der Waals surface area contributed by atoms with Gasteiger partial charge in [0.1, 0.15) is 0 Å². The molecular weight excluding hydrogens is 354 g/mol. The van der Waals surface area contributed by atoms with Crippen molar-refractivity contribution >= 4 is 21.6 Å². The number of nitrogens with zero attached hydrogens (tertiary/aromatic N) is 1. The van der Waals surface area contributed by atoms with E-state index in [1.807, 2.05) is 0 Å². The fraction of sp³-hybridized carbons (Fsp3) is 0.364. The van der Waals surface area contributed by atoms with Crippen molar-refractivity contribution in [2.75, 3.05) is 11.9 Å². The highest BCUT2D eigenvalue weighted by molar-refractivity contribution is 9.10. The molecule has 1 rings (SSSR count). The number of benzene rings is 1. The van der Waals surface area contributed by atoms with E-state index in [-0.39, 0.29) is 10.2 Å². The summed E-state index contributed by atoms with van der Waals surface area (Å²) in [6, 6.07) is 3.98. The van der Waals surface area contributed by atoms with Gasteiger partial charge in [-0.15, -0.1) is 0 Å². The lowest BCUT2D eigenvalue weighted by atomic mass is 10.1. The lowest BCUT2D eigenvalue weighted by Crippen LogP contribution is -2.28. The molecule has 110 valence electrons. The van der Waals surface area contributed by atoms with Crippen LogP contribution in [0.1, 0.15) is 5.56 Å². The zero-order valence-electron chi connectivity index (χ0n) is 9.61. The van der Waals surface area contributed by atoms with Crippen molar-refractivity contribution in [1.29, 1.82) is 5.26 Å². The van der Waals surface area contributed by atoms with Gasteiger partial charge in [0, 0.05) is 16.7 Å². The second-order valence-electron chi connectivity index (χ2n) is 3.80. The summed E-state index contributed by atoms with van der Waals surface area (Å²) >= 11 is 2.71. The Bertz CT molecular complexity index is 517. The summed E-state index contributed by atoms with van der Waals surface area (Å²) in [5, 5.41) is 10.5. The van der Waals surface area contributed by atoms with Crippen LogP contribution in [-0.2, 0) is 6.18 Å². The summed E-state index contributed by atoms with van der Waals surface area (Å²) in [6.45, 7) is -0.821. The third-order valence-electron chi connectivity index (χ3n) is 2.33. The van der Waals surface area contributed by atoms with Crippen molar-refractivity contribution in [2.24, 2.45) is 5.92 Å². The van der Waals surface area contributed by atoms with Crippen molar-refractivity contribution in [2.45, 2.75) is 12.4 Å². The van der Waals surface area contributed by atoms with Crippen LogP contribution in [0.5, 0.6) is 0 Å². The summed E-state index contributed by atoms with van der Waals surface area (Å²) in [5.74, 6) is -2.29. The minimum absolute atomic E-state index is 0.148. The molecule has 20 heavy (non-hydrogen) atoms. The molecule has 0 heterocycles. The lowest BCUT2D eigenvalue weighted by Gasteiger charge is -2.16. The van der Waals surface area contributed by atoms with Gasteiger partial charge in [0.15, 0.2) is 5.92 Å². The van der Waals surface area contributed by atoms with E-state index in [1.54, 1.807) is 0 Å². The number of hydrogen-bond acceptors (Lipinski definition) is 2. The molecule has 2 nitrogen and oxygen atoms in total. The molecule has 0 saturated heterocycles. The molecule has 1 aromatic rings. The second-order valence-corrected chi connectivity index (χ2v) is 4.65. The monoisotopic (exact) mass is 360 g/mol. The number of alkyl halides is 6. The molecule has 0 aliphatic heterocycles. The molecule has 1 N–H and O–H groups in total. The Morgan fingerprint density at radius 1 is 1.20 bits per heavy atom. The molecule has 0 bridgehead atoms. The maximum absolute atomic E-state index is 12.6. The molecule has 0 fully saturated rings. The maximum Gasteiger partial charge on any atom is 0.417 e. The van der Waals surface area contributed by atoms with Crippen LogP contribution in [0.15, 0.2) is 22.7 Å². The second kappa shape index (κ2) is 5.91. The van der Waals surface area contributed by atoms with Crippen LogP contribution < -0.4 is 5.32 Å². The van der Waals surface area contributed by atoms with Crippen molar-refractivity contribution in [3.8, 4) is 6.07 Å². The smallest absolute Gasteiger partial charge is 0.383 e. The topological polar surface area (TPSA) is 35.8 Å². The summed E-state index contributed by atoms with van der Waals surface area (Å²) in [4.78, 5) is 0. The molecule has 1 atom stereocenters. The largest absolute Gasteiger partial charge is 0.417 e. The Morgan fingerprint density at radius 2 is 1.80 bits per heavy atom. The van der Waals surface area contributed by atoms with E-state index >= 15 is 0 Å². The fourth-order valence-electron chi connectivity index (χ4n) is 1.31. The normalized spacial score (nSPS) is 13.7. The number of hydrogen-bond donors (Lipinski definition) is 1. The Labute approximate surface area is 118 Å². The molecule has 0 spiro atoms. The first-order chi connectivity index (χ1) is 9.05. The third kappa shape index (κ3) is 4.30. The third-order valence-corrected chi connectivity index (χ3v) is 3.02. The summed E-state index contributed by atoms with van der Waals surface area (Å²) in [5.41, 5.74) is -1.16. The molecule has 0 radical (unpaired) electrons. The number of nitrogens with one attached hydrogen (secondary N) is 1. The quantitative estimate of drug-likeness (QED) is 0.800. The first-order valence-corrected chi connectivity index (χ1v) is 5.92. The van der Waals surface area contributed by atoms with Crippen LogP contribution in [0.25, 0.3) is 0 Å². The van der Waals surface area contributed by atoms with Gasteiger partial charge in [-0.1, -0.05) is 15.9 Å². The molecule has 9 heteroatoms. The van der Waals surface area contributed by atoms with Gasteiger partial charge < -0.3 is 5.32 Å². The van der Waals surface area contributed by atoms with Gasteiger partial charge in [0.25, 0.3) is 0 Å². The number of halogens is 7. The van der Waals surface area contributed by atoms with Gasteiger partial charge in [-0.3, -0.25) is 0 Å². The van der Waals surface area contributed by atoms with Crippen molar-refractivity contribution in [3.63, 3.8) is 0 Å². The zero-order valence-corrected chi connectivity index (χ0v) is 11.2. The van der Waals surface area contributed by atoms with Gasteiger partial charge in [-0.25, -0.2) is 0 Å². The molecule has 0 amide bonds. The predicted octanol–water partition coefficient (Wildman–Crippen LogP) is 4.58. The average Bonchev–Trinajstić information content (AvgIpc) is 2.28. The van der Waals surface area contributed by atoms with E-state index in [2.05, 4.69) is 21.2 Å². The average molecular weight is 361 g/mol. The van der Waals surface area contributed by atoms with Crippen molar-refractivity contribution < 1.29 is 26.3 Å². The standard InChI is InChI=1S/C11H7BrF6N2/c12-9-2-1-7(3-8(9)11(16,17)18)20-5-6(4-19)10(13,14)15/h1-3,6,20H,5H2. The first kappa shape index (κ1) is 16.6. The molecule has 0 aliphatic rings. The molecule has 0 saturated carbocycles. The van der Waals surface area contributed by atoms with Crippen molar-refractivity contribution in [1.82, 2.24) is 0 Å². The molecule has 1 aromatic carbocycles. The van der Waals surface area contributed by atoms with Crippen LogP contribution in [0.3, 0.4) is 0 Å². The summed E-state index contributed by atoms with van der Waals surface area (Å²) < 4.78 is 74.5. The highest BCUT2D eigenvalue weighted by atomic mass is 79.9. The van der Waals surface area contributed by atoms with E-state index in [9.17, 15) is 26.3 Å². The van der Waals surface area contributed by atoms with E-state index in [4.69, 9.17) is 5.26 Å². The highest BCUT2D eigenvalue weighted by Gasteiger charge is 2.39. The highest BCUT2D eigenvalue weighted by Crippen LogP contribution is 2.36. The van der Waals surface area contributed by atoms with Crippen LogP contribution in [0.2, 0.25) is 0 Å². The summed E-state index contributed by atoms with van der Waals surface area (Å²) in [7, 11) is 0. The Balaban J connectivity index is 2.88. The molecular formula is C11H7BrF6N2. The molecule has 1 unspecified atom stereocenters. The molecule has 0 aliphatic carbocycles. The maximum atomic E-state index is 12.6. The zero-order chi connectivity index (χ0) is 15.6. The lowest BCUT2D eigenvalue weighted by molar-refractivity contribution is -0.155. The number of nitriles is 1. The van der Waals surface area contributed by atoms with Gasteiger partial charge in [-0.2, -0.15) is 31.6 Å². The molecule has 0 aromatic heterocycles. The Hall–Kier alpha value is -1.43. The number of rotatable bonds is 3. The van der Waals surface area contributed by atoms with Gasteiger partial charge >= 0.3 is 12.4 Å². The van der Waals surface area contributed by atoms with Gasteiger partial charge in [0.2, 0.25) is 0 Å². The van der Waals surface area contributed by atoms with Gasteiger partial charge in [0.05, 0.1) is 11.6 Å². The minimum Gasteiger partial charge on any atom is -0.383 e. The van der Waals surface area contributed by atoms with Crippen molar-refractivity contribution in [3.05, 3.63) is 28.2 Å². The van der Waals surface area contributed by atoms with E-state index in [1.165, 1.54) is 6.07 Å². The van der Waals surface area contributed by atoms with E-state index < -0.39 is 30.4 Å².